The molecule has 0 aliphatic heterocycles. The van der Waals surface area contributed by atoms with Crippen LogP contribution in [0.4, 0.5) is 0 Å². The summed E-state index contributed by atoms with van der Waals surface area (Å²) in [4.78, 5) is 33.2. The summed E-state index contributed by atoms with van der Waals surface area (Å²) >= 11 is 0. The average Bonchev–Trinajstić information content (AvgIpc) is 2.36. The van der Waals surface area contributed by atoms with Crippen LogP contribution in [0, 0.1) is 5.92 Å². The lowest BCUT2D eigenvalue weighted by Gasteiger charge is -2.17. The second kappa shape index (κ2) is 7.25. The van der Waals surface area contributed by atoms with Crippen molar-refractivity contribution in [1.82, 2.24) is 0 Å². The van der Waals surface area contributed by atoms with Crippen molar-refractivity contribution in [3.8, 4) is 0 Å². The van der Waals surface area contributed by atoms with Crippen LogP contribution in [0.15, 0.2) is 30.3 Å². The summed E-state index contributed by atoms with van der Waals surface area (Å²) in [6.07, 6.45) is -0.628. The van der Waals surface area contributed by atoms with Gasteiger partial charge in [-0.3, -0.25) is 14.4 Å². The number of hydrogen-bond acceptors (Lipinski definition) is 5. The predicted molar refractivity (Wildman–Crippen MR) is 67.6 cm³/mol. The van der Waals surface area contributed by atoms with Crippen LogP contribution in [0.25, 0.3) is 0 Å². The molecule has 108 valence electrons. The quantitative estimate of drug-likeness (QED) is 0.482. The summed E-state index contributed by atoms with van der Waals surface area (Å²) in [6.45, 7) is -0.0940. The molecule has 1 aromatic rings. The molecule has 0 radical (unpaired) electrons. The zero-order valence-electron chi connectivity index (χ0n) is 10.6. The maximum absolute atomic E-state index is 11.7. The van der Waals surface area contributed by atoms with Crippen LogP contribution < -0.4 is 5.73 Å². The van der Waals surface area contributed by atoms with Gasteiger partial charge < -0.3 is 20.7 Å². The summed E-state index contributed by atoms with van der Waals surface area (Å²) in [7, 11) is 0. The van der Waals surface area contributed by atoms with Gasteiger partial charge in [0.2, 0.25) is 0 Å². The summed E-state index contributed by atoms with van der Waals surface area (Å²) in [5.41, 5.74) is 6.12. The van der Waals surface area contributed by atoms with Crippen LogP contribution in [0.2, 0.25) is 0 Å². The van der Waals surface area contributed by atoms with E-state index < -0.39 is 36.3 Å². The zero-order chi connectivity index (χ0) is 15.1. The van der Waals surface area contributed by atoms with Crippen LogP contribution in [-0.4, -0.2) is 34.2 Å². The van der Waals surface area contributed by atoms with E-state index in [1.807, 2.05) is 0 Å². The highest BCUT2D eigenvalue weighted by Gasteiger charge is 2.35. The first-order valence-electron chi connectivity index (χ1n) is 5.82. The Hall–Kier alpha value is -2.41. The van der Waals surface area contributed by atoms with Crippen molar-refractivity contribution < 1.29 is 29.3 Å². The number of rotatable bonds is 7. The molecule has 0 spiro atoms. The minimum Gasteiger partial charge on any atom is -0.481 e. The number of carbonyl (C=O) groups is 3. The molecule has 2 unspecified atom stereocenters. The van der Waals surface area contributed by atoms with Crippen LogP contribution in [0.5, 0.6) is 0 Å². The number of aliphatic carboxylic acids is 2. The van der Waals surface area contributed by atoms with Gasteiger partial charge in [-0.2, -0.15) is 0 Å². The van der Waals surface area contributed by atoms with Gasteiger partial charge in [0.25, 0.3) is 0 Å². The van der Waals surface area contributed by atoms with E-state index in [0.29, 0.717) is 5.56 Å². The smallest absolute Gasteiger partial charge is 0.322 e. The molecule has 7 nitrogen and oxygen atoms in total. The van der Waals surface area contributed by atoms with E-state index in [-0.39, 0.29) is 6.61 Å². The highest BCUT2D eigenvalue weighted by molar-refractivity contribution is 5.95. The first-order chi connectivity index (χ1) is 9.41. The Morgan fingerprint density at radius 3 is 2.25 bits per heavy atom. The first-order valence-corrected chi connectivity index (χ1v) is 5.82. The molecule has 0 saturated carbocycles. The zero-order valence-corrected chi connectivity index (χ0v) is 10.6. The molecule has 0 fully saturated rings. The Labute approximate surface area is 115 Å². The van der Waals surface area contributed by atoms with Crippen molar-refractivity contribution in [3.05, 3.63) is 35.9 Å². The van der Waals surface area contributed by atoms with Crippen LogP contribution >= 0.6 is 0 Å². The predicted octanol–water partition coefficient (Wildman–Crippen LogP) is 0.233. The maximum Gasteiger partial charge on any atom is 0.322 e. The molecule has 7 heteroatoms. The van der Waals surface area contributed by atoms with Crippen molar-refractivity contribution in [3.63, 3.8) is 0 Å². The van der Waals surface area contributed by atoms with Gasteiger partial charge in [0, 0.05) is 6.04 Å². The maximum atomic E-state index is 11.7. The number of hydrogen-bond donors (Lipinski definition) is 3. The molecule has 0 aliphatic rings. The van der Waals surface area contributed by atoms with E-state index >= 15 is 0 Å². The van der Waals surface area contributed by atoms with Crippen molar-refractivity contribution in [2.75, 3.05) is 0 Å². The molecule has 0 aromatic heterocycles. The normalized spacial score (nSPS) is 13.2. The van der Waals surface area contributed by atoms with Gasteiger partial charge in [0.1, 0.15) is 6.61 Å². The summed E-state index contributed by atoms with van der Waals surface area (Å²) < 4.78 is 4.86. The van der Waals surface area contributed by atoms with Crippen LogP contribution in [0.3, 0.4) is 0 Å². The SMILES string of the molecule is NC(CC(=O)O)C(C(=O)O)C(=O)OCc1ccccc1. The van der Waals surface area contributed by atoms with Crippen molar-refractivity contribution in [2.45, 2.75) is 19.1 Å². The molecule has 0 saturated heterocycles. The fourth-order valence-corrected chi connectivity index (χ4v) is 1.60. The van der Waals surface area contributed by atoms with Gasteiger partial charge in [0.05, 0.1) is 6.42 Å². The summed E-state index contributed by atoms with van der Waals surface area (Å²) in [5.74, 6) is -5.53. The summed E-state index contributed by atoms with van der Waals surface area (Å²) in [5, 5.41) is 17.5. The third-order valence-electron chi connectivity index (χ3n) is 2.58. The van der Waals surface area contributed by atoms with E-state index in [9.17, 15) is 14.4 Å². The Bertz CT molecular complexity index is 487. The van der Waals surface area contributed by atoms with E-state index in [2.05, 4.69) is 0 Å². The number of nitrogens with two attached hydrogens (primary N) is 1. The van der Waals surface area contributed by atoms with Crippen molar-refractivity contribution in [1.29, 1.82) is 0 Å². The lowest BCUT2D eigenvalue weighted by Crippen LogP contribution is -2.43. The topological polar surface area (TPSA) is 127 Å². The summed E-state index contributed by atoms with van der Waals surface area (Å²) in [6, 6.07) is 7.35. The van der Waals surface area contributed by atoms with E-state index in [4.69, 9.17) is 20.7 Å². The second-order valence-electron chi connectivity index (χ2n) is 4.17. The van der Waals surface area contributed by atoms with Gasteiger partial charge in [-0.15, -0.1) is 0 Å². The lowest BCUT2D eigenvalue weighted by atomic mass is 9.98. The van der Waals surface area contributed by atoms with Crippen molar-refractivity contribution >= 4 is 17.9 Å². The van der Waals surface area contributed by atoms with Gasteiger partial charge >= 0.3 is 17.9 Å². The van der Waals surface area contributed by atoms with E-state index in [1.165, 1.54) is 0 Å². The number of benzene rings is 1. The Morgan fingerprint density at radius 2 is 1.75 bits per heavy atom. The first kappa shape index (κ1) is 15.6. The molecule has 0 aliphatic carbocycles. The van der Waals surface area contributed by atoms with Gasteiger partial charge in [-0.25, -0.2) is 0 Å². The number of esters is 1. The fraction of sp³-hybridized carbons (Fsp3) is 0.308. The highest BCUT2D eigenvalue weighted by atomic mass is 16.5. The molecule has 0 amide bonds. The molecule has 1 aromatic carbocycles. The average molecular weight is 281 g/mol. The van der Waals surface area contributed by atoms with E-state index in [1.54, 1.807) is 30.3 Å². The minimum absolute atomic E-state index is 0.0940. The fourth-order valence-electron chi connectivity index (χ4n) is 1.60. The van der Waals surface area contributed by atoms with E-state index in [0.717, 1.165) is 0 Å². The standard InChI is InChI=1S/C13H15NO6/c14-9(6-10(15)16)11(12(17)18)13(19)20-7-8-4-2-1-3-5-8/h1-5,9,11H,6-7,14H2,(H,15,16)(H,17,18). The Kier molecular flexibility index (Phi) is 5.67. The van der Waals surface area contributed by atoms with Crippen LogP contribution in [-0.2, 0) is 25.7 Å². The monoisotopic (exact) mass is 281 g/mol. The van der Waals surface area contributed by atoms with Gasteiger partial charge in [-0.1, -0.05) is 30.3 Å². The highest BCUT2D eigenvalue weighted by Crippen LogP contribution is 2.11. The number of carbonyl (C=O) groups excluding carboxylic acids is 1. The Morgan fingerprint density at radius 1 is 1.15 bits per heavy atom. The van der Waals surface area contributed by atoms with Crippen LogP contribution in [0.1, 0.15) is 12.0 Å². The number of ether oxygens (including phenoxy) is 1. The molecular formula is C13H15NO6. The molecular weight excluding hydrogens is 266 g/mol. The second-order valence-corrected chi connectivity index (χ2v) is 4.17. The number of carboxylic acids is 2. The lowest BCUT2D eigenvalue weighted by molar-refractivity contribution is -0.160. The molecule has 0 bridgehead atoms. The third-order valence-corrected chi connectivity index (χ3v) is 2.58. The number of carboxylic acid groups (broad SMARTS) is 2. The van der Waals surface area contributed by atoms with Gasteiger partial charge in [-0.05, 0) is 5.56 Å². The van der Waals surface area contributed by atoms with Crippen molar-refractivity contribution in [2.24, 2.45) is 11.7 Å². The molecule has 20 heavy (non-hydrogen) atoms. The molecule has 4 N–H and O–H groups in total. The minimum atomic E-state index is -1.70. The largest absolute Gasteiger partial charge is 0.481 e. The molecule has 0 heterocycles. The third kappa shape index (κ3) is 4.69. The van der Waals surface area contributed by atoms with Gasteiger partial charge in [0.15, 0.2) is 5.92 Å². The molecule has 2 atom stereocenters. The molecule has 1 rings (SSSR count). The Balaban J connectivity index is 2.65.